The molecule has 2 amide bonds. The van der Waals surface area contributed by atoms with Crippen LogP contribution in [0.1, 0.15) is 29.2 Å². The van der Waals surface area contributed by atoms with E-state index in [0.717, 1.165) is 12.8 Å². The summed E-state index contributed by atoms with van der Waals surface area (Å²) in [5.41, 5.74) is 5.17. The molecule has 10 nitrogen and oxygen atoms in total. The van der Waals surface area contributed by atoms with Crippen LogP contribution in [0.2, 0.25) is 0 Å². The molecule has 0 radical (unpaired) electrons. The fourth-order valence-electron chi connectivity index (χ4n) is 3.02. The minimum Gasteiger partial charge on any atom is -0.497 e. The fraction of sp³-hybridized carbons (Fsp3) is 0.368. The number of hydrogen-bond acceptors (Lipinski definition) is 7. The number of nitrogens with zero attached hydrogens (tertiary/aromatic N) is 1. The second kappa shape index (κ2) is 9.18. The van der Waals surface area contributed by atoms with E-state index in [4.69, 9.17) is 9.15 Å². The molecule has 30 heavy (non-hydrogen) atoms. The third-order valence-electron chi connectivity index (χ3n) is 4.64. The summed E-state index contributed by atoms with van der Waals surface area (Å²) in [5, 5.41) is 2.90. The molecule has 0 bridgehead atoms. The summed E-state index contributed by atoms with van der Waals surface area (Å²) in [5.74, 6) is -0.628. The average molecular weight is 436 g/mol. The molecule has 2 aromatic rings. The number of sulfonamides is 1. The Morgan fingerprint density at radius 1 is 1.13 bits per heavy atom. The molecule has 0 aliphatic carbocycles. The number of ether oxygens (including phenoxy) is 1. The Balaban J connectivity index is 1.53. The minimum absolute atomic E-state index is 0.0398. The van der Waals surface area contributed by atoms with Crippen LogP contribution in [0.15, 0.2) is 39.6 Å². The van der Waals surface area contributed by atoms with E-state index in [9.17, 15) is 18.0 Å². The monoisotopic (exact) mass is 436 g/mol. The smallest absolute Gasteiger partial charge is 0.305 e. The van der Waals surface area contributed by atoms with Gasteiger partial charge in [0.15, 0.2) is 5.76 Å². The van der Waals surface area contributed by atoms with Crippen molar-refractivity contribution >= 4 is 27.5 Å². The maximum atomic E-state index is 12.7. The third-order valence-corrected chi connectivity index (χ3v) is 6.64. The highest BCUT2D eigenvalue weighted by atomic mass is 32.2. The molecule has 0 saturated carbocycles. The molecule has 1 fully saturated rings. The lowest BCUT2D eigenvalue weighted by molar-refractivity contribution is -0.120. The molecule has 0 spiro atoms. The molecule has 3 N–H and O–H groups in total. The second-order valence-electron chi connectivity index (χ2n) is 6.73. The van der Waals surface area contributed by atoms with E-state index in [1.165, 1.54) is 17.3 Å². The normalized spacial score (nSPS) is 14.3. The maximum absolute atomic E-state index is 12.7. The van der Waals surface area contributed by atoms with Gasteiger partial charge in [-0.3, -0.25) is 20.4 Å². The van der Waals surface area contributed by atoms with Crippen molar-refractivity contribution in [2.45, 2.75) is 24.7 Å². The van der Waals surface area contributed by atoms with Gasteiger partial charge in [0.25, 0.3) is 5.91 Å². The van der Waals surface area contributed by atoms with E-state index in [0.29, 0.717) is 24.5 Å². The van der Waals surface area contributed by atoms with Gasteiger partial charge < -0.3 is 14.5 Å². The molecule has 162 valence electrons. The number of hydrazine groups is 1. The van der Waals surface area contributed by atoms with E-state index < -0.39 is 21.8 Å². The van der Waals surface area contributed by atoms with Gasteiger partial charge in [0.1, 0.15) is 16.4 Å². The first-order chi connectivity index (χ1) is 14.3. The van der Waals surface area contributed by atoms with Crippen LogP contribution < -0.4 is 20.9 Å². The third kappa shape index (κ3) is 4.92. The summed E-state index contributed by atoms with van der Waals surface area (Å²) in [6.45, 7) is 2.30. The molecule has 1 saturated heterocycles. The van der Waals surface area contributed by atoms with E-state index in [2.05, 4.69) is 16.2 Å². The summed E-state index contributed by atoms with van der Waals surface area (Å²) in [6.07, 6.45) is 1.61. The lowest BCUT2D eigenvalue weighted by Gasteiger charge is -2.14. The molecular weight excluding hydrogens is 412 g/mol. The quantitative estimate of drug-likeness (QED) is 0.557. The summed E-state index contributed by atoms with van der Waals surface area (Å²) >= 11 is 0. The van der Waals surface area contributed by atoms with Gasteiger partial charge in [0, 0.05) is 24.8 Å². The van der Waals surface area contributed by atoms with Crippen LogP contribution in [0, 0.1) is 6.92 Å². The van der Waals surface area contributed by atoms with Gasteiger partial charge in [-0.1, -0.05) is 0 Å². The molecule has 0 unspecified atom stereocenters. The van der Waals surface area contributed by atoms with Crippen molar-refractivity contribution < 1.29 is 27.2 Å². The van der Waals surface area contributed by atoms with E-state index in [1.54, 1.807) is 31.4 Å². The predicted octanol–water partition coefficient (Wildman–Crippen LogP) is 1.25. The number of furan rings is 1. The summed E-state index contributed by atoms with van der Waals surface area (Å²) in [4.78, 5) is 24.1. The van der Waals surface area contributed by atoms with Gasteiger partial charge in [0.2, 0.25) is 10.0 Å². The van der Waals surface area contributed by atoms with Crippen molar-refractivity contribution in [3.8, 4) is 5.75 Å². The number of nitrogens with one attached hydrogen (secondary N) is 3. The first-order valence-electron chi connectivity index (χ1n) is 9.39. The number of anilines is 1. The Kier molecular flexibility index (Phi) is 6.63. The van der Waals surface area contributed by atoms with Crippen LogP contribution in [0.5, 0.6) is 5.75 Å². The average Bonchev–Trinajstić information content (AvgIpc) is 3.41. The van der Waals surface area contributed by atoms with Crippen molar-refractivity contribution in [1.29, 1.82) is 0 Å². The molecule has 0 atom stereocenters. The molecule has 1 aromatic carbocycles. The van der Waals surface area contributed by atoms with E-state index in [-0.39, 0.29) is 23.0 Å². The van der Waals surface area contributed by atoms with Crippen molar-refractivity contribution in [3.63, 3.8) is 0 Å². The van der Waals surface area contributed by atoms with E-state index >= 15 is 0 Å². The van der Waals surface area contributed by atoms with Gasteiger partial charge in [-0.25, -0.2) is 8.42 Å². The second-order valence-corrected chi connectivity index (χ2v) is 8.63. The Labute approximate surface area is 174 Å². The van der Waals surface area contributed by atoms with Crippen LogP contribution in [0.25, 0.3) is 0 Å². The van der Waals surface area contributed by atoms with Gasteiger partial charge in [-0.2, -0.15) is 4.31 Å². The lowest BCUT2D eigenvalue weighted by atomic mass is 10.3. The first-order valence-corrected chi connectivity index (χ1v) is 10.8. The zero-order valence-corrected chi connectivity index (χ0v) is 17.5. The molecule has 11 heteroatoms. The van der Waals surface area contributed by atoms with Gasteiger partial charge in [-0.05, 0) is 44.0 Å². The maximum Gasteiger partial charge on any atom is 0.305 e. The number of rotatable bonds is 7. The van der Waals surface area contributed by atoms with Crippen LogP contribution in [-0.2, 0) is 14.8 Å². The highest BCUT2D eigenvalue weighted by molar-refractivity contribution is 7.89. The molecule has 1 aliphatic heterocycles. The Hall–Kier alpha value is -3.05. The first kappa shape index (κ1) is 21.7. The van der Waals surface area contributed by atoms with Crippen LogP contribution in [0.3, 0.4) is 0 Å². The zero-order chi connectivity index (χ0) is 21.7. The topological polar surface area (TPSA) is 130 Å². The standard InChI is InChI=1S/C19H24N4O6S/c1-13-17(30(26,27)23-9-3-4-10-23)11-16(29-13)19(25)22-21-18(24)12-20-14-5-7-15(28-2)8-6-14/h5-8,11,20H,3-4,9-10,12H2,1-2H3,(H,21,24)(H,22,25). The number of carbonyl (C=O) groups is 2. The zero-order valence-electron chi connectivity index (χ0n) is 16.7. The predicted molar refractivity (Wildman–Crippen MR) is 109 cm³/mol. The molecule has 1 aliphatic rings. The SMILES string of the molecule is COc1ccc(NCC(=O)NNC(=O)c2cc(S(=O)(=O)N3CCCC3)c(C)o2)cc1. The highest BCUT2D eigenvalue weighted by Gasteiger charge is 2.31. The number of amides is 2. The number of benzene rings is 1. The Morgan fingerprint density at radius 3 is 2.43 bits per heavy atom. The fourth-order valence-corrected chi connectivity index (χ4v) is 4.70. The summed E-state index contributed by atoms with van der Waals surface area (Å²) in [6, 6.07) is 8.17. The summed E-state index contributed by atoms with van der Waals surface area (Å²) in [7, 11) is -2.14. The largest absolute Gasteiger partial charge is 0.497 e. The number of aryl methyl sites for hydroxylation is 1. The van der Waals surface area contributed by atoms with Gasteiger partial charge in [-0.15, -0.1) is 0 Å². The molecule has 2 heterocycles. The minimum atomic E-state index is -3.70. The van der Waals surface area contributed by atoms with E-state index in [1.807, 2.05) is 0 Å². The van der Waals surface area contributed by atoms with Crippen molar-refractivity contribution in [2.75, 3.05) is 32.1 Å². The molecule has 1 aromatic heterocycles. The van der Waals surface area contributed by atoms with Gasteiger partial charge >= 0.3 is 5.91 Å². The number of hydrogen-bond donors (Lipinski definition) is 3. The van der Waals surface area contributed by atoms with Crippen LogP contribution >= 0.6 is 0 Å². The lowest BCUT2D eigenvalue weighted by Crippen LogP contribution is -2.44. The van der Waals surface area contributed by atoms with Crippen molar-refractivity contribution in [1.82, 2.24) is 15.2 Å². The van der Waals surface area contributed by atoms with Crippen molar-refractivity contribution in [3.05, 3.63) is 41.9 Å². The molecular formula is C19H24N4O6S. The van der Waals surface area contributed by atoms with Crippen molar-refractivity contribution in [2.24, 2.45) is 0 Å². The number of methoxy groups -OCH3 is 1. The molecule has 3 rings (SSSR count). The Morgan fingerprint density at radius 2 is 1.80 bits per heavy atom. The summed E-state index contributed by atoms with van der Waals surface area (Å²) < 4.78 is 37.1. The highest BCUT2D eigenvalue weighted by Crippen LogP contribution is 2.26. The van der Waals surface area contributed by atoms with Crippen LogP contribution in [-0.4, -0.2) is 51.3 Å². The Bertz CT molecular complexity index is 1010. The number of carbonyl (C=O) groups excluding carboxylic acids is 2. The van der Waals surface area contributed by atoms with Crippen LogP contribution in [0.4, 0.5) is 5.69 Å². The van der Waals surface area contributed by atoms with Gasteiger partial charge in [0.05, 0.1) is 13.7 Å².